The van der Waals surface area contributed by atoms with Crippen LogP contribution >= 0.6 is 24.8 Å². The minimum atomic E-state index is -1.32. The highest BCUT2D eigenvalue weighted by Crippen LogP contribution is 2.22. The van der Waals surface area contributed by atoms with Crippen molar-refractivity contribution in [3.8, 4) is 0 Å². The first kappa shape index (κ1) is 25.4. The van der Waals surface area contributed by atoms with Gasteiger partial charge in [-0.05, 0) is 51.9 Å². The summed E-state index contributed by atoms with van der Waals surface area (Å²) in [5.41, 5.74) is -1.32. The summed E-state index contributed by atoms with van der Waals surface area (Å²) in [6.07, 6.45) is 6.26. The van der Waals surface area contributed by atoms with Crippen LogP contribution in [0.4, 0.5) is 0 Å². The van der Waals surface area contributed by atoms with Gasteiger partial charge in [-0.25, -0.2) is 4.79 Å². The SMILES string of the molecule is Cl.Cl.O=CNC(CN1CCCCC1)(C(=O)O)N1CCN(C2CCNCC2)CC1. The number of hydrogen-bond acceptors (Lipinski definition) is 6. The summed E-state index contributed by atoms with van der Waals surface area (Å²) in [6, 6.07) is 0.596. The van der Waals surface area contributed by atoms with Gasteiger partial charge >= 0.3 is 5.97 Å². The number of piperazine rings is 1. The van der Waals surface area contributed by atoms with Gasteiger partial charge in [-0.15, -0.1) is 24.8 Å². The van der Waals surface area contributed by atoms with Gasteiger partial charge < -0.3 is 15.7 Å². The number of carboxylic acid groups (broad SMARTS) is 1. The van der Waals surface area contributed by atoms with E-state index in [9.17, 15) is 14.7 Å². The molecule has 3 N–H and O–H groups in total. The molecule has 8 nitrogen and oxygen atoms in total. The van der Waals surface area contributed by atoms with E-state index in [2.05, 4.69) is 20.4 Å². The number of nitrogens with zero attached hydrogens (tertiary/aromatic N) is 3. The molecule has 0 aromatic heterocycles. The highest BCUT2D eigenvalue weighted by atomic mass is 35.5. The van der Waals surface area contributed by atoms with E-state index in [0.717, 1.165) is 65.0 Å². The lowest BCUT2D eigenvalue weighted by Gasteiger charge is -2.48. The molecule has 1 amide bonds. The van der Waals surface area contributed by atoms with Crippen molar-refractivity contribution in [2.45, 2.75) is 43.8 Å². The maximum Gasteiger partial charge on any atom is 0.346 e. The number of likely N-dealkylation sites (tertiary alicyclic amines) is 1. The summed E-state index contributed by atoms with van der Waals surface area (Å²) in [6.45, 7) is 7.36. The Morgan fingerprint density at radius 1 is 1.04 bits per heavy atom. The van der Waals surface area contributed by atoms with Crippen LogP contribution in [0.2, 0.25) is 0 Å². The molecule has 0 aliphatic carbocycles. The molecule has 164 valence electrons. The molecule has 1 unspecified atom stereocenters. The number of carboxylic acids is 1. The molecule has 0 aromatic carbocycles. The average Bonchev–Trinajstić information content (AvgIpc) is 2.69. The van der Waals surface area contributed by atoms with Crippen molar-refractivity contribution in [2.75, 3.05) is 58.9 Å². The quantitative estimate of drug-likeness (QED) is 0.488. The molecule has 0 spiro atoms. The first-order valence-electron chi connectivity index (χ1n) is 10.0. The maximum atomic E-state index is 12.3. The van der Waals surface area contributed by atoms with Crippen LogP contribution in [0.1, 0.15) is 32.1 Å². The van der Waals surface area contributed by atoms with Gasteiger partial charge in [-0.1, -0.05) is 6.42 Å². The Morgan fingerprint density at radius 2 is 1.64 bits per heavy atom. The fraction of sp³-hybridized carbons (Fsp3) is 0.889. The lowest BCUT2D eigenvalue weighted by Crippen LogP contribution is -2.72. The number of hydrogen-bond donors (Lipinski definition) is 3. The van der Waals surface area contributed by atoms with Gasteiger partial charge in [0.1, 0.15) is 0 Å². The van der Waals surface area contributed by atoms with Gasteiger partial charge in [-0.3, -0.25) is 19.5 Å². The predicted molar refractivity (Wildman–Crippen MR) is 113 cm³/mol. The van der Waals surface area contributed by atoms with E-state index in [1.54, 1.807) is 0 Å². The third-order valence-electron chi connectivity index (χ3n) is 6.23. The van der Waals surface area contributed by atoms with Gasteiger partial charge in [0.2, 0.25) is 12.1 Å². The molecule has 28 heavy (non-hydrogen) atoms. The van der Waals surface area contributed by atoms with Crippen molar-refractivity contribution in [1.82, 2.24) is 25.3 Å². The molecule has 1 atom stereocenters. The van der Waals surface area contributed by atoms with Crippen LogP contribution < -0.4 is 10.6 Å². The zero-order valence-corrected chi connectivity index (χ0v) is 18.1. The third-order valence-corrected chi connectivity index (χ3v) is 6.23. The van der Waals surface area contributed by atoms with Gasteiger partial charge in [-0.2, -0.15) is 0 Å². The highest BCUT2D eigenvalue weighted by Gasteiger charge is 2.47. The fourth-order valence-corrected chi connectivity index (χ4v) is 4.68. The second-order valence-corrected chi connectivity index (χ2v) is 7.77. The maximum absolute atomic E-state index is 12.3. The van der Waals surface area contributed by atoms with E-state index in [4.69, 9.17) is 0 Å². The second-order valence-electron chi connectivity index (χ2n) is 7.77. The lowest BCUT2D eigenvalue weighted by atomic mass is 10.0. The van der Waals surface area contributed by atoms with E-state index >= 15 is 0 Å². The molecule has 3 heterocycles. The monoisotopic (exact) mass is 439 g/mol. The van der Waals surface area contributed by atoms with Gasteiger partial charge in [0.25, 0.3) is 0 Å². The van der Waals surface area contributed by atoms with Crippen molar-refractivity contribution < 1.29 is 14.7 Å². The molecular formula is C18H35Cl2N5O3. The Labute approximate surface area is 180 Å². The zero-order valence-electron chi connectivity index (χ0n) is 16.5. The summed E-state index contributed by atoms with van der Waals surface area (Å²) in [5.74, 6) is -0.953. The number of carbonyl (C=O) groups is 2. The van der Waals surface area contributed by atoms with Crippen molar-refractivity contribution in [3.05, 3.63) is 0 Å². The van der Waals surface area contributed by atoms with Crippen molar-refractivity contribution in [3.63, 3.8) is 0 Å². The van der Waals surface area contributed by atoms with Crippen molar-refractivity contribution in [2.24, 2.45) is 0 Å². The van der Waals surface area contributed by atoms with Gasteiger partial charge in [0, 0.05) is 38.8 Å². The zero-order chi connectivity index (χ0) is 18.4. The first-order chi connectivity index (χ1) is 12.7. The summed E-state index contributed by atoms with van der Waals surface area (Å²) < 4.78 is 0. The van der Waals surface area contributed by atoms with Gasteiger partial charge in [0.05, 0.1) is 0 Å². The van der Waals surface area contributed by atoms with Crippen LogP contribution in [0.15, 0.2) is 0 Å². The van der Waals surface area contributed by atoms with E-state index in [-0.39, 0.29) is 24.8 Å². The molecule has 0 saturated carbocycles. The van der Waals surface area contributed by atoms with Gasteiger partial charge in [0.15, 0.2) is 0 Å². The number of aliphatic carboxylic acids is 1. The average molecular weight is 440 g/mol. The van der Waals surface area contributed by atoms with Crippen LogP contribution in [-0.4, -0.2) is 103 Å². The Kier molecular flexibility index (Phi) is 11.0. The highest BCUT2D eigenvalue weighted by molar-refractivity contribution is 5.85. The smallest absolute Gasteiger partial charge is 0.346 e. The summed E-state index contributed by atoms with van der Waals surface area (Å²) in [5, 5.41) is 16.1. The topological polar surface area (TPSA) is 88.1 Å². The minimum absolute atomic E-state index is 0. The number of carbonyl (C=O) groups excluding carboxylic acids is 1. The minimum Gasteiger partial charge on any atom is -0.478 e. The molecule has 0 aromatic rings. The molecular weight excluding hydrogens is 405 g/mol. The van der Waals surface area contributed by atoms with Crippen molar-refractivity contribution >= 4 is 37.2 Å². The van der Waals surface area contributed by atoms with E-state index < -0.39 is 11.6 Å². The van der Waals surface area contributed by atoms with Crippen LogP contribution in [-0.2, 0) is 9.59 Å². The van der Waals surface area contributed by atoms with E-state index in [1.165, 1.54) is 6.42 Å². The Morgan fingerprint density at radius 3 is 2.18 bits per heavy atom. The lowest BCUT2D eigenvalue weighted by molar-refractivity contribution is -0.160. The van der Waals surface area contributed by atoms with Crippen LogP contribution in [0.5, 0.6) is 0 Å². The van der Waals surface area contributed by atoms with Crippen molar-refractivity contribution in [1.29, 1.82) is 0 Å². The van der Waals surface area contributed by atoms with Crippen LogP contribution in [0.25, 0.3) is 0 Å². The number of amides is 1. The first-order valence-corrected chi connectivity index (χ1v) is 10.0. The second kappa shape index (κ2) is 12.1. The normalized spacial score (nSPS) is 25.0. The fourth-order valence-electron chi connectivity index (χ4n) is 4.68. The third kappa shape index (κ3) is 5.93. The molecule has 3 fully saturated rings. The largest absolute Gasteiger partial charge is 0.478 e. The summed E-state index contributed by atoms with van der Waals surface area (Å²) in [4.78, 5) is 30.2. The number of piperidine rings is 2. The number of rotatable bonds is 7. The molecule has 3 aliphatic rings. The number of halogens is 2. The Balaban J connectivity index is 0.00000196. The molecule has 3 aliphatic heterocycles. The molecule has 3 rings (SSSR count). The number of nitrogens with one attached hydrogen (secondary N) is 2. The summed E-state index contributed by atoms with van der Waals surface area (Å²) >= 11 is 0. The molecule has 3 saturated heterocycles. The summed E-state index contributed by atoms with van der Waals surface area (Å²) in [7, 11) is 0. The van der Waals surface area contributed by atoms with E-state index in [1.807, 2.05) is 4.90 Å². The molecule has 10 heteroatoms. The van der Waals surface area contributed by atoms with Crippen LogP contribution in [0, 0.1) is 0 Å². The molecule has 0 bridgehead atoms. The Hall–Kier alpha value is -0.640. The van der Waals surface area contributed by atoms with E-state index in [0.29, 0.717) is 32.1 Å². The molecule has 0 radical (unpaired) electrons. The standard InChI is InChI=1S/C18H33N5O3.2ClH/c24-15-20-18(17(25)26,14-21-8-2-1-3-9-21)23-12-10-22(11-13-23)16-4-6-19-7-5-16;;/h15-16,19H,1-14H2,(H,20,24)(H,25,26);2*1H. The van der Waals surface area contributed by atoms with Crippen LogP contribution in [0.3, 0.4) is 0 Å². The predicted octanol–water partition coefficient (Wildman–Crippen LogP) is 0.212. The Bertz CT molecular complexity index is 482.